The van der Waals surface area contributed by atoms with Gasteiger partial charge in [-0.2, -0.15) is 11.3 Å². The maximum atomic E-state index is 13.1. The van der Waals surface area contributed by atoms with Crippen molar-refractivity contribution < 1.29 is 18.8 Å². The molecule has 8 heteroatoms. The average molecular weight is 377 g/mol. The van der Waals surface area contributed by atoms with Crippen molar-refractivity contribution in [2.24, 2.45) is 5.73 Å². The van der Waals surface area contributed by atoms with Gasteiger partial charge in [0.15, 0.2) is 0 Å². The molecule has 2 aromatic rings. The van der Waals surface area contributed by atoms with E-state index in [-0.39, 0.29) is 31.2 Å². The molecule has 0 atom stereocenters. The van der Waals surface area contributed by atoms with E-state index in [4.69, 9.17) is 5.73 Å². The number of nitrogens with two attached hydrogens (primary N) is 1. The first-order valence-corrected chi connectivity index (χ1v) is 9.06. The second-order valence-corrected chi connectivity index (χ2v) is 6.39. The highest BCUT2D eigenvalue weighted by Crippen LogP contribution is 2.17. The Balaban J connectivity index is 1.88. The number of hydrogen-bond donors (Lipinski definition) is 2. The minimum atomic E-state index is -0.520. The van der Waals surface area contributed by atoms with Gasteiger partial charge < -0.3 is 16.0 Å². The van der Waals surface area contributed by atoms with E-state index in [2.05, 4.69) is 5.32 Å². The lowest BCUT2D eigenvalue weighted by molar-refractivity contribution is -0.119. The third kappa shape index (κ3) is 5.96. The highest BCUT2D eigenvalue weighted by atomic mass is 32.1. The summed E-state index contributed by atoms with van der Waals surface area (Å²) in [5, 5.41) is 6.32. The summed E-state index contributed by atoms with van der Waals surface area (Å²) in [6.45, 7) is 0.481. The number of hydrogen-bond acceptors (Lipinski definition) is 4. The Bertz CT molecular complexity index is 748. The highest BCUT2D eigenvalue weighted by molar-refractivity contribution is 7.08. The maximum Gasteiger partial charge on any atom is 0.252 e. The molecule has 0 saturated heterocycles. The molecule has 138 valence electrons. The van der Waals surface area contributed by atoms with Crippen molar-refractivity contribution in [2.75, 3.05) is 18.0 Å². The van der Waals surface area contributed by atoms with Crippen LogP contribution < -0.4 is 16.0 Å². The van der Waals surface area contributed by atoms with E-state index in [9.17, 15) is 18.8 Å². The van der Waals surface area contributed by atoms with Crippen LogP contribution in [0.2, 0.25) is 0 Å². The predicted molar refractivity (Wildman–Crippen MR) is 98.5 cm³/mol. The lowest BCUT2D eigenvalue weighted by Gasteiger charge is -2.22. The van der Waals surface area contributed by atoms with Crippen LogP contribution in [0.3, 0.4) is 0 Å². The molecule has 0 saturated carbocycles. The molecule has 3 N–H and O–H groups in total. The topological polar surface area (TPSA) is 92.5 Å². The van der Waals surface area contributed by atoms with Crippen LogP contribution in [0.15, 0.2) is 41.1 Å². The molecule has 2 rings (SSSR count). The minimum Gasteiger partial charge on any atom is -0.370 e. The number of carbonyl (C=O) groups excluding carboxylic acids is 3. The predicted octanol–water partition coefficient (Wildman–Crippen LogP) is 2.31. The van der Waals surface area contributed by atoms with E-state index in [0.29, 0.717) is 24.2 Å². The summed E-state index contributed by atoms with van der Waals surface area (Å²) in [5.74, 6) is -1.33. The van der Waals surface area contributed by atoms with Crippen LogP contribution in [0.1, 0.15) is 29.6 Å². The fourth-order valence-corrected chi connectivity index (χ4v) is 2.95. The molecule has 6 nitrogen and oxygen atoms in total. The molecule has 1 aromatic carbocycles. The second kappa shape index (κ2) is 9.67. The number of primary amides is 1. The number of anilines is 1. The van der Waals surface area contributed by atoms with Crippen LogP contribution in [0.25, 0.3) is 0 Å². The zero-order valence-corrected chi connectivity index (χ0v) is 14.9. The number of benzene rings is 1. The largest absolute Gasteiger partial charge is 0.370 e. The molecule has 0 aliphatic heterocycles. The zero-order chi connectivity index (χ0) is 18.9. The normalized spacial score (nSPS) is 10.3. The molecule has 0 radical (unpaired) electrons. The van der Waals surface area contributed by atoms with Crippen molar-refractivity contribution in [3.63, 3.8) is 0 Å². The van der Waals surface area contributed by atoms with Crippen molar-refractivity contribution >= 4 is 34.7 Å². The summed E-state index contributed by atoms with van der Waals surface area (Å²) in [7, 11) is 0. The maximum absolute atomic E-state index is 13.1. The van der Waals surface area contributed by atoms with Gasteiger partial charge in [0, 0.05) is 42.6 Å². The van der Waals surface area contributed by atoms with Gasteiger partial charge in [0.2, 0.25) is 11.8 Å². The average Bonchev–Trinajstić information content (AvgIpc) is 3.14. The van der Waals surface area contributed by atoms with Crippen molar-refractivity contribution in [1.82, 2.24) is 5.32 Å². The fraction of sp³-hybridized carbons (Fsp3) is 0.278. The van der Waals surface area contributed by atoms with Crippen molar-refractivity contribution in [2.45, 2.75) is 19.3 Å². The van der Waals surface area contributed by atoms with Gasteiger partial charge >= 0.3 is 0 Å². The minimum absolute atomic E-state index is 0.0119. The first kappa shape index (κ1) is 19.6. The van der Waals surface area contributed by atoms with Crippen LogP contribution >= 0.6 is 11.3 Å². The first-order valence-electron chi connectivity index (χ1n) is 8.12. The lowest BCUT2D eigenvalue weighted by Crippen LogP contribution is -2.34. The Morgan fingerprint density at radius 1 is 1.12 bits per heavy atom. The Morgan fingerprint density at radius 3 is 2.46 bits per heavy atom. The van der Waals surface area contributed by atoms with Gasteiger partial charge in [-0.25, -0.2) is 4.39 Å². The smallest absolute Gasteiger partial charge is 0.252 e. The van der Waals surface area contributed by atoms with E-state index in [1.54, 1.807) is 11.4 Å². The summed E-state index contributed by atoms with van der Waals surface area (Å²) < 4.78 is 13.1. The van der Waals surface area contributed by atoms with Gasteiger partial charge in [-0.3, -0.25) is 14.4 Å². The van der Waals surface area contributed by atoms with Crippen molar-refractivity contribution in [3.8, 4) is 0 Å². The Morgan fingerprint density at radius 2 is 1.85 bits per heavy atom. The zero-order valence-electron chi connectivity index (χ0n) is 14.1. The summed E-state index contributed by atoms with van der Waals surface area (Å²) >= 11 is 1.44. The molecular weight excluding hydrogens is 357 g/mol. The molecule has 0 fully saturated rings. The van der Waals surface area contributed by atoms with E-state index in [1.807, 2.05) is 5.38 Å². The summed E-state index contributed by atoms with van der Waals surface area (Å²) in [6, 6.07) is 7.19. The van der Waals surface area contributed by atoms with Gasteiger partial charge in [0.05, 0.1) is 0 Å². The molecule has 0 spiro atoms. The lowest BCUT2D eigenvalue weighted by atomic mass is 10.2. The second-order valence-electron chi connectivity index (χ2n) is 5.61. The molecule has 1 heterocycles. The molecule has 0 bridgehead atoms. The number of rotatable bonds is 9. The van der Waals surface area contributed by atoms with Gasteiger partial charge in [-0.15, -0.1) is 0 Å². The molecule has 0 aliphatic carbocycles. The Hall–Kier alpha value is -2.74. The fourth-order valence-electron chi connectivity index (χ4n) is 2.31. The number of halogens is 1. The van der Waals surface area contributed by atoms with E-state index >= 15 is 0 Å². The Kier molecular flexibility index (Phi) is 7.28. The molecule has 0 aliphatic rings. The van der Waals surface area contributed by atoms with Gasteiger partial charge in [-0.1, -0.05) is 0 Å². The van der Waals surface area contributed by atoms with Crippen LogP contribution in [-0.2, 0) is 9.59 Å². The van der Waals surface area contributed by atoms with Crippen molar-refractivity contribution in [1.29, 1.82) is 0 Å². The molecule has 3 amide bonds. The Labute approximate surface area is 154 Å². The van der Waals surface area contributed by atoms with E-state index in [0.717, 1.165) is 0 Å². The molecule has 1 aromatic heterocycles. The monoisotopic (exact) mass is 377 g/mol. The number of nitrogens with zero attached hydrogens (tertiary/aromatic N) is 1. The van der Waals surface area contributed by atoms with Crippen LogP contribution in [0, 0.1) is 5.82 Å². The molecule has 0 unspecified atom stereocenters. The number of nitrogens with one attached hydrogen (secondary N) is 1. The molecular formula is C18H20FN3O3S. The third-order valence-corrected chi connectivity index (χ3v) is 4.34. The van der Waals surface area contributed by atoms with Gasteiger partial charge in [0.25, 0.3) is 5.91 Å². The van der Waals surface area contributed by atoms with Crippen LogP contribution in [0.5, 0.6) is 0 Å². The van der Waals surface area contributed by atoms with Gasteiger partial charge in [-0.05, 0) is 42.1 Å². The first-order chi connectivity index (χ1) is 12.5. The number of carbonyl (C=O) groups is 3. The number of amides is 3. The SMILES string of the molecule is NC(=O)CCN(C(=O)CCCNC(=O)c1ccsc1)c1ccc(F)cc1. The summed E-state index contributed by atoms with van der Waals surface area (Å²) in [6.07, 6.45) is 0.640. The summed E-state index contributed by atoms with van der Waals surface area (Å²) in [5.41, 5.74) is 6.25. The van der Waals surface area contributed by atoms with E-state index in [1.165, 1.54) is 40.5 Å². The standard InChI is InChI=1S/C18H20FN3O3S/c19-14-3-5-15(6-4-14)22(10-7-16(20)23)17(24)2-1-9-21-18(25)13-8-11-26-12-13/h3-6,8,11-12H,1-2,7,9-10H2,(H2,20,23)(H,21,25). The highest BCUT2D eigenvalue weighted by Gasteiger charge is 2.16. The van der Waals surface area contributed by atoms with Crippen molar-refractivity contribution in [3.05, 3.63) is 52.5 Å². The number of thiophene rings is 1. The molecule has 26 heavy (non-hydrogen) atoms. The van der Waals surface area contributed by atoms with Crippen LogP contribution in [0.4, 0.5) is 10.1 Å². The quantitative estimate of drug-likeness (QED) is 0.657. The summed E-state index contributed by atoms with van der Waals surface area (Å²) in [4.78, 5) is 36.8. The third-order valence-electron chi connectivity index (χ3n) is 3.66. The van der Waals surface area contributed by atoms with Gasteiger partial charge in [0.1, 0.15) is 5.82 Å². The van der Waals surface area contributed by atoms with E-state index < -0.39 is 11.7 Å². The van der Waals surface area contributed by atoms with Crippen LogP contribution in [-0.4, -0.2) is 30.8 Å².